The minimum atomic E-state index is 0.344. The van der Waals surface area contributed by atoms with Crippen LogP contribution in [-0.4, -0.2) is 35.4 Å². The van der Waals surface area contributed by atoms with E-state index in [1.54, 1.807) is 0 Å². The summed E-state index contributed by atoms with van der Waals surface area (Å²) in [6.07, 6.45) is 1.57. The maximum absolute atomic E-state index is 8.50. The molecule has 1 N–H and O–H groups in total. The molecule has 0 aromatic rings. The van der Waals surface area contributed by atoms with Gasteiger partial charge in [-0.05, 0) is 34.1 Å². The molecule has 0 aliphatic carbocycles. The Hall–Kier alpha value is -0.200. The normalized spacial score (nSPS) is 15.6. The van der Waals surface area contributed by atoms with Gasteiger partial charge in [-0.2, -0.15) is 5.26 Å². The van der Waals surface area contributed by atoms with Gasteiger partial charge in [-0.25, -0.2) is 0 Å². The van der Waals surface area contributed by atoms with Crippen molar-refractivity contribution in [2.45, 2.75) is 78.6 Å². The van der Waals surface area contributed by atoms with Gasteiger partial charge in [-0.15, -0.1) is 0 Å². The van der Waals surface area contributed by atoms with Gasteiger partial charge in [0.2, 0.25) is 0 Å². The van der Waals surface area contributed by atoms with Crippen molar-refractivity contribution in [3.63, 3.8) is 0 Å². The Labute approximate surface area is 120 Å². The highest BCUT2D eigenvalue weighted by Gasteiger charge is 2.20. The number of nitrogens with zero attached hydrogens (tertiary/aromatic N) is 2. The van der Waals surface area contributed by atoms with Crippen LogP contribution in [0.5, 0.6) is 0 Å². The van der Waals surface area contributed by atoms with Gasteiger partial charge in [-0.3, -0.25) is 4.67 Å². The molecular formula is C14H30N3OP. The SMILES string of the molecule is CC(C)NC(C)CC(C)N(POCCC#N)C(C)C. The van der Waals surface area contributed by atoms with Gasteiger partial charge < -0.3 is 9.84 Å². The fraction of sp³-hybridized carbons (Fsp3) is 0.929. The smallest absolute Gasteiger partial charge is 0.0894 e. The van der Waals surface area contributed by atoms with E-state index in [2.05, 4.69) is 57.6 Å². The molecule has 0 heterocycles. The lowest BCUT2D eigenvalue weighted by Crippen LogP contribution is -2.40. The minimum Gasteiger partial charge on any atom is -0.345 e. The van der Waals surface area contributed by atoms with E-state index in [4.69, 9.17) is 9.79 Å². The first-order chi connectivity index (χ1) is 8.88. The van der Waals surface area contributed by atoms with Crippen LogP contribution in [0.1, 0.15) is 54.4 Å². The molecule has 0 aromatic carbocycles. The topological polar surface area (TPSA) is 48.3 Å². The molecule has 0 aliphatic heterocycles. The molecule has 112 valence electrons. The van der Waals surface area contributed by atoms with E-state index in [1.807, 2.05) is 0 Å². The fourth-order valence-electron chi connectivity index (χ4n) is 2.18. The van der Waals surface area contributed by atoms with Gasteiger partial charge >= 0.3 is 0 Å². The third-order valence-corrected chi connectivity index (χ3v) is 4.33. The van der Waals surface area contributed by atoms with E-state index in [1.165, 1.54) is 0 Å². The highest BCUT2D eigenvalue weighted by atomic mass is 31.1. The van der Waals surface area contributed by atoms with Crippen molar-refractivity contribution < 1.29 is 4.52 Å². The van der Waals surface area contributed by atoms with Crippen molar-refractivity contribution in [3.05, 3.63) is 0 Å². The largest absolute Gasteiger partial charge is 0.345 e. The summed E-state index contributed by atoms with van der Waals surface area (Å²) in [6, 6.07) is 4.06. The first-order valence-electron chi connectivity index (χ1n) is 7.17. The van der Waals surface area contributed by atoms with Crippen molar-refractivity contribution in [1.29, 1.82) is 5.26 Å². The van der Waals surface area contributed by atoms with Crippen molar-refractivity contribution in [2.75, 3.05) is 6.61 Å². The van der Waals surface area contributed by atoms with Gasteiger partial charge in [0, 0.05) is 24.2 Å². The molecule has 0 amide bonds. The molecule has 0 spiro atoms. The zero-order valence-corrected chi connectivity index (χ0v) is 14.2. The van der Waals surface area contributed by atoms with Gasteiger partial charge in [0.05, 0.1) is 28.1 Å². The molecule has 0 radical (unpaired) electrons. The summed E-state index contributed by atoms with van der Waals surface area (Å²) >= 11 is 0. The van der Waals surface area contributed by atoms with Gasteiger partial charge in [0.25, 0.3) is 0 Å². The van der Waals surface area contributed by atoms with Crippen LogP contribution in [0.3, 0.4) is 0 Å². The summed E-state index contributed by atoms with van der Waals surface area (Å²) in [7, 11) is 0.344. The van der Waals surface area contributed by atoms with Crippen LogP contribution in [0.25, 0.3) is 0 Å². The Kier molecular flexibility index (Phi) is 10.5. The van der Waals surface area contributed by atoms with Crippen LogP contribution in [0.4, 0.5) is 0 Å². The molecule has 3 atom stereocenters. The summed E-state index contributed by atoms with van der Waals surface area (Å²) < 4.78 is 7.96. The summed E-state index contributed by atoms with van der Waals surface area (Å²) in [5, 5.41) is 12.0. The third-order valence-electron chi connectivity index (χ3n) is 2.83. The molecular weight excluding hydrogens is 257 g/mol. The van der Waals surface area contributed by atoms with Crippen molar-refractivity contribution in [3.8, 4) is 6.07 Å². The minimum absolute atomic E-state index is 0.344. The van der Waals surface area contributed by atoms with Crippen LogP contribution in [0.2, 0.25) is 0 Å². The summed E-state index contributed by atoms with van der Waals surface area (Å²) in [6.45, 7) is 13.7. The van der Waals surface area contributed by atoms with Crippen LogP contribution >= 0.6 is 8.96 Å². The predicted octanol–water partition coefficient (Wildman–Crippen LogP) is 3.30. The Morgan fingerprint density at radius 2 is 1.84 bits per heavy atom. The molecule has 4 nitrogen and oxygen atoms in total. The standard InChI is InChI=1S/C14H30N3OP/c1-11(2)16-13(5)10-14(6)17(12(3)4)19-18-9-7-8-15/h11-14,16,19H,7,9-10H2,1-6H3. The average Bonchev–Trinajstić information content (AvgIpc) is 2.26. The molecule has 3 unspecified atom stereocenters. The molecule has 0 saturated heterocycles. The second kappa shape index (κ2) is 10.6. The van der Waals surface area contributed by atoms with Crippen molar-refractivity contribution >= 4 is 8.96 Å². The molecule has 0 aliphatic rings. The maximum atomic E-state index is 8.50. The number of rotatable bonds is 10. The molecule has 0 rings (SSSR count). The first kappa shape index (κ1) is 18.8. The summed E-state index contributed by atoms with van der Waals surface area (Å²) in [5.74, 6) is 0. The number of nitriles is 1. The van der Waals surface area contributed by atoms with E-state index in [0.717, 1.165) is 6.42 Å². The Morgan fingerprint density at radius 1 is 1.21 bits per heavy atom. The second-order valence-electron chi connectivity index (χ2n) is 5.66. The first-order valence-corrected chi connectivity index (χ1v) is 8.02. The number of hydrogen-bond acceptors (Lipinski definition) is 4. The molecule has 5 heteroatoms. The Morgan fingerprint density at radius 3 is 2.32 bits per heavy atom. The summed E-state index contributed by atoms with van der Waals surface area (Å²) in [5.41, 5.74) is 0. The number of hydrogen-bond donors (Lipinski definition) is 1. The average molecular weight is 287 g/mol. The lowest BCUT2D eigenvalue weighted by atomic mass is 10.1. The zero-order chi connectivity index (χ0) is 14.8. The van der Waals surface area contributed by atoms with E-state index >= 15 is 0 Å². The third kappa shape index (κ3) is 9.35. The lowest BCUT2D eigenvalue weighted by molar-refractivity contribution is 0.238. The Bertz CT molecular complexity index is 266. The molecule has 19 heavy (non-hydrogen) atoms. The molecule has 0 bridgehead atoms. The fourth-order valence-corrected chi connectivity index (χ4v) is 3.02. The van der Waals surface area contributed by atoms with Crippen LogP contribution in [0, 0.1) is 11.3 Å². The highest BCUT2D eigenvalue weighted by Crippen LogP contribution is 2.27. The van der Waals surface area contributed by atoms with Gasteiger partial charge in [0.15, 0.2) is 0 Å². The zero-order valence-electron chi connectivity index (χ0n) is 13.2. The van der Waals surface area contributed by atoms with Gasteiger partial charge in [0.1, 0.15) is 0 Å². The monoisotopic (exact) mass is 287 g/mol. The van der Waals surface area contributed by atoms with Crippen LogP contribution < -0.4 is 5.32 Å². The highest BCUT2D eigenvalue weighted by molar-refractivity contribution is 7.29. The number of nitrogens with one attached hydrogen (secondary N) is 1. The molecule has 0 saturated carbocycles. The van der Waals surface area contributed by atoms with Crippen molar-refractivity contribution in [1.82, 2.24) is 9.99 Å². The quantitative estimate of drug-likeness (QED) is 0.495. The predicted molar refractivity (Wildman–Crippen MR) is 83.3 cm³/mol. The van der Waals surface area contributed by atoms with E-state index in [9.17, 15) is 0 Å². The second-order valence-corrected chi connectivity index (χ2v) is 6.64. The summed E-state index contributed by atoms with van der Waals surface area (Å²) in [4.78, 5) is 0. The maximum Gasteiger partial charge on any atom is 0.0894 e. The van der Waals surface area contributed by atoms with Gasteiger partial charge in [-0.1, -0.05) is 13.8 Å². The van der Waals surface area contributed by atoms with Crippen molar-refractivity contribution in [2.24, 2.45) is 0 Å². The van der Waals surface area contributed by atoms with E-state index in [0.29, 0.717) is 46.2 Å². The Balaban J connectivity index is 4.17. The van der Waals surface area contributed by atoms with E-state index < -0.39 is 0 Å². The molecule has 0 fully saturated rings. The van der Waals surface area contributed by atoms with E-state index in [-0.39, 0.29) is 0 Å². The van der Waals surface area contributed by atoms with Crippen LogP contribution in [0.15, 0.2) is 0 Å². The lowest BCUT2D eigenvalue weighted by Gasteiger charge is -2.33. The van der Waals surface area contributed by atoms with Crippen LogP contribution in [-0.2, 0) is 4.52 Å². The molecule has 0 aromatic heterocycles.